The molecule has 1 aromatic heterocycles. The molecule has 0 radical (unpaired) electrons. The Bertz CT molecular complexity index is 733. The second-order valence-corrected chi connectivity index (χ2v) is 8.12. The molecule has 128 valence electrons. The van der Waals surface area contributed by atoms with Crippen LogP contribution >= 0.6 is 23.2 Å². The molecule has 24 heavy (non-hydrogen) atoms. The number of halogens is 2. The van der Waals surface area contributed by atoms with Gasteiger partial charge in [0.1, 0.15) is 0 Å². The standard InChI is InChI=1S/C19H23Cl2N3/c1-13-18(15-5-4-6-16(20)17(15)21)22-11-14(23-13)12-24-9-7-19(2,3)8-10-24/h4-6,11H,7-10,12H2,1-3H3. The van der Waals surface area contributed by atoms with Gasteiger partial charge in [-0.15, -0.1) is 0 Å². The predicted octanol–water partition coefficient (Wildman–Crippen LogP) is 5.38. The molecule has 5 heteroatoms. The fourth-order valence-corrected chi connectivity index (χ4v) is 3.49. The van der Waals surface area contributed by atoms with E-state index in [-0.39, 0.29) is 0 Å². The van der Waals surface area contributed by atoms with Gasteiger partial charge in [0.25, 0.3) is 0 Å². The van der Waals surface area contributed by atoms with Gasteiger partial charge in [-0.2, -0.15) is 0 Å². The molecule has 3 rings (SSSR count). The van der Waals surface area contributed by atoms with Gasteiger partial charge < -0.3 is 0 Å². The van der Waals surface area contributed by atoms with Crippen molar-refractivity contribution in [2.75, 3.05) is 13.1 Å². The minimum absolute atomic E-state index is 0.464. The summed E-state index contributed by atoms with van der Waals surface area (Å²) in [6.45, 7) is 9.76. The molecule has 0 amide bonds. The van der Waals surface area contributed by atoms with Crippen LogP contribution in [0.25, 0.3) is 11.3 Å². The van der Waals surface area contributed by atoms with E-state index < -0.39 is 0 Å². The molecule has 1 fully saturated rings. The molecule has 0 N–H and O–H groups in total. The van der Waals surface area contributed by atoms with Gasteiger partial charge in [0.2, 0.25) is 0 Å². The fraction of sp³-hybridized carbons (Fsp3) is 0.474. The summed E-state index contributed by atoms with van der Waals surface area (Å²) >= 11 is 12.4. The van der Waals surface area contributed by atoms with E-state index in [0.29, 0.717) is 15.5 Å². The van der Waals surface area contributed by atoms with Crippen LogP contribution < -0.4 is 0 Å². The van der Waals surface area contributed by atoms with E-state index in [1.165, 1.54) is 12.8 Å². The third-order valence-corrected chi connectivity index (χ3v) is 5.62. The molecule has 3 nitrogen and oxygen atoms in total. The molecule has 0 bridgehead atoms. The number of hydrogen-bond acceptors (Lipinski definition) is 3. The minimum Gasteiger partial charge on any atom is -0.297 e. The second-order valence-electron chi connectivity index (χ2n) is 7.34. The summed E-state index contributed by atoms with van der Waals surface area (Å²) in [5, 5.41) is 1.07. The summed E-state index contributed by atoms with van der Waals surface area (Å²) in [6.07, 6.45) is 4.32. The van der Waals surface area contributed by atoms with E-state index in [9.17, 15) is 0 Å². The van der Waals surface area contributed by atoms with Crippen LogP contribution in [0.4, 0.5) is 0 Å². The number of likely N-dealkylation sites (tertiary alicyclic amines) is 1. The van der Waals surface area contributed by atoms with E-state index >= 15 is 0 Å². The Morgan fingerprint density at radius 2 is 1.88 bits per heavy atom. The Hall–Kier alpha value is -1.16. The number of piperidine rings is 1. The maximum absolute atomic E-state index is 6.31. The van der Waals surface area contributed by atoms with Crippen LogP contribution in [0.2, 0.25) is 10.0 Å². The molecule has 0 atom stereocenters. The highest BCUT2D eigenvalue weighted by molar-refractivity contribution is 6.43. The minimum atomic E-state index is 0.464. The van der Waals surface area contributed by atoms with Gasteiger partial charge in [-0.05, 0) is 44.3 Å². The normalized spacial score (nSPS) is 17.9. The van der Waals surface area contributed by atoms with Crippen LogP contribution in [0, 0.1) is 12.3 Å². The fourth-order valence-electron chi connectivity index (χ4n) is 3.10. The maximum atomic E-state index is 6.31. The molecule has 0 aliphatic carbocycles. The van der Waals surface area contributed by atoms with E-state index in [0.717, 1.165) is 42.3 Å². The predicted molar refractivity (Wildman–Crippen MR) is 101 cm³/mol. The van der Waals surface area contributed by atoms with Crippen LogP contribution in [-0.2, 0) is 6.54 Å². The summed E-state index contributed by atoms with van der Waals surface area (Å²) in [4.78, 5) is 11.8. The van der Waals surface area contributed by atoms with E-state index in [1.54, 1.807) is 6.07 Å². The average molecular weight is 364 g/mol. The summed E-state index contributed by atoms with van der Waals surface area (Å²) < 4.78 is 0. The highest BCUT2D eigenvalue weighted by Gasteiger charge is 2.25. The molecule has 0 unspecified atom stereocenters. The number of rotatable bonds is 3. The molecule has 2 aromatic rings. The van der Waals surface area contributed by atoms with Crippen LogP contribution in [0.15, 0.2) is 24.4 Å². The van der Waals surface area contributed by atoms with Crippen LogP contribution in [-0.4, -0.2) is 28.0 Å². The zero-order valence-corrected chi connectivity index (χ0v) is 16.0. The highest BCUT2D eigenvalue weighted by Crippen LogP contribution is 2.34. The van der Waals surface area contributed by atoms with Gasteiger partial charge >= 0.3 is 0 Å². The summed E-state index contributed by atoms with van der Waals surface area (Å²) in [5.74, 6) is 0. The Morgan fingerprint density at radius 1 is 1.17 bits per heavy atom. The number of benzene rings is 1. The summed E-state index contributed by atoms with van der Waals surface area (Å²) in [7, 11) is 0. The first-order chi connectivity index (χ1) is 11.4. The van der Waals surface area contributed by atoms with Crippen molar-refractivity contribution in [3.05, 3.63) is 45.8 Å². The van der Waals surface area contributed by atoms with Crippen molar-refractivity contribution < 1.29 is 0 Å². The lowest BCUT2D eigenvalue weighted by Gasteiger charge is -2.36. The quantitative estimate of drug-likeness (QED) is 0.732. The second kappa shape index (κ2) is 6.99. The van der Waals surface area contributed by atoms with Crippen LogP contribution in [0.5, 0.6) is 0 Å². The number of aromatic nitrogens is 2. The van der Waals surface area contributed by atoms with Crippen molar-refractivity contribution in [2.45, 2.75) is 40.2 Å². The van der Waals surface area contributed by atoms with Crippen molar-refractivity contribution in [3.63, 3.8) is 0 Å². The first-order valence-electron chi connectivity index (χ1n) is 8.35. The SMILES string of the molecule is Cc1nc(CN2CCC(C)(C)CC2)cnc1-c1cccc(Cl)c1Cl. The zero-order valence-electron chi connectivity index (χ0n) is 14.4. The number of hydrogen-bond donors (Lipinski definition) is 0. The van der Waals surface area contributed by atoms with Gasteiger partial charge in [0.05, 0.1) is 33.3 Å². The smallest absolute Gasteiger partial charge is 0.0930 e. The van der Waals surface area contributed by atoms with Gasteiger partial charge in [-0.3, -0.25) is 14.9 Å². The highest BCUT2D eigenvalue weighted by atomic mass is 35.5. The van der Waals surface area contributed by atoms with Crippen molar-refractivity contribution in [2.24, 2.45) is 5.41 Å². The van der Waals surface area contributed by atoms with Crippen molar-refractivity contribution in [3.8, 4) is 11.3 Å². The molecule has 1 aromatic carbocycles. The topological polar surface area (TPSA) is 29.0 Å². The molecule has 1 aliphatic heterocycles. The first-order valence-corrected chi connectivity index (χ1v) is 9.10. The lowest BCUT2D eigenvalue weighted by Crippen LogP contribution is -2.37. The van der Waals surface area contributed by atoms with E-state index in [1.807, 2.05) is 25.3 Å². The molecule has 1 aliphatic rings. The number of nitrogens with zero attached hydrogens (tertiary/aromatic N) is 3. The first kappa shape index (κ1) is 17.7. The average Bonchev–Trinajstić information content (AvgIpc) is 2.53. The maximum Gasteiger partial charge on any atom is 0.0930 e. The van der Waals surface area contributed by atoms with Gasteiger partial charge in [0.15, 0.2) is 0 Å². The third kappa shape index (κ3) is 3.90. The molecular formula is C19H23Cl2N3. The molecule has 1 saturated heterocycles. The summed E-state index contributed by atoms with van der Waals surface area (Å²) in [6, 6.07) is 5.59. The van der Waals surface area contributed by atoms with Crippen molar-refractivity contribution in [1.29, 1.82) is 0 Å². The van der Waals surface area contributed by atoms with Crippen molar-refractivity contribution >= 4 is 23.2 Å². The Labute approximate surface area is 154 Å². The molecule has 0 saturated carbocycles. The number of aryl methyl sites for hydroxylation is 1. The monoisotopic (exact) mass is 363 g/mol. The summed E-state index contributed by atoms with van der Waals surface area (Å²) in [5.41, 5.74) is 3.99. The Morgan fingerprint density at radius 3 is 2.54 bits per heavy atom. The molecule has 2 heterocycles. The molecular weight excluding hydrogens is 341 g/mol. The van der Waals surface area contributed by atoms with Crippen molar-refractivity contribution in [1.82, 2.24) is 14.9 Å². The van der Waals surface area contributed by atoms with Gasteiger partial charge in [-0.25, -0.2) is 0 Å². The Balaban J connectivity index is 1.77. The van der Waals surface area contributed by atoms with Gasteiger partial charge in [-0.1, -0.05) is 49.2 Å². The lowest BCUT2D eigenvalue weighted by atomic mass is 9.83. The van der Waals surface area contributed by atoms with E-state index in [4.69, 9.17) is 28.2 Å². The molecule has 0 spiro atoms. The third-order valence-electron chi connectivity index (χ3n) is 4.80. The van der Waals surface area contributed by atoms with Gasteiger partial charge in [0, 0.05) is 12.1 Å². The zero-order chi connectivity index (χ0) is 17.3. The van der Waals surface area contributed by atoms with E-state index in [2.05, 4.69) is 23.7 Å². The lowest BCUT2D eigenvalue weighted by molar-refractivity contribution is 0.126. The van der Waals surface area contributed by atoms with Crippen LogP contribution in [0.1, 0.15) is 38.1 Å². The van der Waals surface area contributed by atoms with Crippen LogP contribution in [0.3, 0.4) is 0 Å². The Kier molecular flexibility index (Phi) is 5.14. The largest absolute Gasteiger partial charge is 0.297 e.